The first-order valence-electron chi connectivity index (χ1n) is 6.13. The minimum Gasteiger partial charge on any atom is -0.385 e. The fourth-order valence-corrected chi connectivity index (χ4v) is 1.59. The highest BCUT2D eigenvalue weighted by Gasteiger charge is 1.94. The summed E-state index contributed by atoms with van der Waals surface area (Å²) in [6, 6.07) is 8.72. The van der Waals surface area contributed by atoms with Gasteiger partial charge in [-0.2, -0.15) is 0 Å². The Bertz CT molecular complexity index is 318. The largest absolute Gasteiger partial charge is 0.385 e. The summed E-state index contributed by atoms with van der Waals surface area (Å²) in [5.41, 5.74) is 2.62. The fourth-order valence-electron chi connectivity index (χ4n) is 1.59. The van der Waals surface area contributed by atoms with Crippen LogP contribution in [0.25, 0.3) is 0 Å². The normalized spacial score (nSPS) is 9.75. The van der Waals surface area contributed by atoms with E-state index >= 15 is 0 Å². The highest BCUT2D eigenvalue weighted by Crippen LogP contribution is 2.11. The molecule has 0 amide bonds. The number of benzene rings is 1. The van der Waals surface area contributed by atoms with Gasteiger partial charge in [-0.1, -0.05) is 25.5 Å². The van der Waals surface area contributed by atoms with E-state index in [9.17, 15) is 0 Å². The summed E-state index contributed by atoms with van der Waals surface area (Å²) in [5.74, 6) is 2.65. The third-order valence-electron chi connectivity index (χ3n) is 2.60. The van der Waals surface area contributed by atoms with Gasteiger partial charge in [0.1, 0.15) is 0 Å². The van der Waals surface area contributed by atoms with Crippen LogP contribution < -0.4 is 5.32 Å². The molecule has 1 N–H and O–H groups in total. The van der Waals surface area contributed by atoms with Gasteiger partial charge in [0.2, 0.25) is 0 Å². The van der Waals surface area contributed by atoms with Gasteiger partial charge in [-0.25, -0.2) is 0 Å². The molecule has 1 nitrogen and oxygen atoms in total. The van der Waals surface area contributed by atoms with Gasteiger partial charge in [0, 0.05) is 18.7 Å². The van der Waals surface area contributed by atoms with Crippen molar-refractivity contribution in [3.05, 3.63) is 29.8 Å². The maximum Gasteiger partial charge on any atom is 0.0340 e. The van der Waals surface area contributed by atoms with Crippen LogP contribution in [-0.2, 0) is 6.42 Å². The second-order valence-corrected chi connectivity index (χ2v) is 4.03. The minimum atomic E-state index is 0.849. The third-order valence-corrected chi connectivity index (χ3v) is 2.60. The molecular weight excluding hydrogens is 194 g/mol. The summed E-state index contributed by atoms with van der Waals surface area (Å²) in [6.45, 7) is 3.18. The van der Waals surface area contributed by atoms with Crippen LogP contribution in [0.5, 0.6) is 0 Å². The fraction of sp³-hybridized carbons (Fsp3) is 0.467. The van der Waals surface area contributed by atoms with Crippen LogP contribution in [0.2, 0.25) is 0 Å². The van der Waals surface area contributed by atoms with Crippen LogP contribution in [0.4, 0.5) is 5.69 Å². The lowest BCUT2D eigenvalue weighted by Gasteiger charge is -2.06. The first-order chi connectivity index (χ1) is 7.86. The molecule has 0 aromatic heterocycles. The molecule has 0 saturated carbocycles. The van der Waals surface area contributed by atoms with E-state index in [-0.39, 0.29) is 0 Å². The van der Waals surface area contributed by atoms with Gasteiger partial charge in [0.25, 0.3) is 0 Å². The molecule has 0 radical (unpaired) electrons. The van der Waals surface area contributed by atoms with Crippen molar-refractivity contribution < 1.29 is 0 Å². The maximum atomic E-state index is 5.20. The molecule has 1 aromatic carbocycles. The predicted octanol–water partition coefficient (Wildman–Crippen LogP) is 3.85. The van der Waals surface area contributed by atoms with Gasteiger partial charge >= 0.3 is 0 Å². The number of rotatable bonds is 7. The van der Waals surface area contributed by atoms with Gasteiger partial charge in [0.05, 0.1) is 0 Å². The topological polar surface area (TPSA) is 12.0 Å². The van der Waals surface area contributed by atoms with E-state index in [1.165, 1.54) is 30.5 Å². The molecule has 0 unspecified atom stereocenters. The zero-order chi connectivity index (χ0) is 11.6. The lowest BCUT2D eigenvalue weighted by molar-refractivity contribution is 0.795. The van der Waals surface area contributed by atoms with Gasteiger partial charge in [-0.05, 0) is 37.0 Å². The smallest absolute Gasteiger partial charge is 0.0340 e. The Morgan fingerprint density at radius 2 is 1.94 bits per heavy atom. The van der Waals surface area contributed by atoms with Gasteiger partial charge in [-0.15, -0.1) is 12.3 Å². The Morgan fingerprint density at radius 1 is 1.19 bits per heavy atom. The van der Waals surface area contributed by atoms with Crippen molar-refractivity contribution in [3.8, 4) is 12.3 Å². The van der Waals surface area contributed by atoms with Crippen LogP contribution in [0.3, 0.4) is 0 Å². The number of unbranched alkanes of at least 4 members (excludes halogenated alkanes) is 2. The van der Waals surface area contributed by atoms with Crippen molar-refractivity contribution >= 4 is 5.69 Å². The molecule has 0 fully saturated rings. The molecule has 0 atom stereocenters. The van der Waals surface area contributed by atoms with Crippen LogP contribution in [-0.4, -0.2) is 6.54 Å². The number of nitrogens with one attached hydrogen (secondary N) is 1. The molecule has 1 rings (SSSR count). The second-order valence-electron chi connectivity index (χ2n) is 4.03. The summed E-state index contributed by atoms with van der Waals surface area (Å²) in [5, 5.41) is 3.37. The number of terminal acetylenes is 1. The maximum absolute atomic E-state index is 5.20. The van der Waals surface area contributed by atoms with Gasteiger partial charge < -0.3 is 5.32 Å². The molecule has 1 aromatic rings. The standard InChI is InChI=1S/C15H21N/c1-3-5-7-13-16-15-11-9-14(10-12-15)8-6-4-2/h1,9-12,16H,4-8,13H2,2H3. The second kappa shape index (κ2) is 7.82. The van der Waals surface area contributed by atoms with E-state index in [2.05, 4.69) is 42.4 Å². The summed E-state index contributed by atoms with van der Waals surface area (Å²) in [7, 11) is 0. The predicted molar refractivity (Wildman–Crippen MR) is 71.6 cm³/mol. The Morgan fingerprint density at radius 3 is 2.56 bits per heavy atom. The van der Waals surface area contributed by atoms with E-state index in [1.807, 2.05) is 0 Å². The Hall–Kier alpha value is -1.42. The number of aryl methyl sites for hydroxylation is 1. The molecule has 1 heteroatoms. The van der Waals surface area contributed by atoms with Crippen LogP contribution in [0, 0.1) is 12.3 Å². The lowest BCUT2D eigenvalue weighted by atomic mass is 10.1. The SMILES string of the molecule is C#CCCCNc1ccc(CCCC)cc1. The molecule has 0 saturated heterocycles. The molecule has 0 aliphatic rings. The van der Waals surface area contributed by atoms with E-state index in [0.29, 0.717) is 0 Å². The van der Waals surface area contributed by atoms with Gasteiger partial charge in [0.15, 0.2) is 0 Å². The molecule has 0 aliphatic carbocycles. The quantitative estimate of drug-likeness (QED) is 0.538. The Balaban J connectivity index is 2.31. The van der Waals surface area contributed by atoms with Crippen molar-refractivity contribution in [2.45, 2.75) is 39.0 Å². The van der Waals surface area contributed by atoms with Crippen LogP contribution in [0.15, 0.2) is 24.3 Å². The number of anilines is 1. The van der Waals surface area contributed by atoms with Crippen molar-refractivity contribution in [1.82, 2.24) is 0 Å². The van der Waals surface area contributed by atoms with Crippen molar-refractivity contribution in [2.75, 3.05) is 11.9 Å². The Labute approximate surface area is 99.3 Å². The summed E-state index contributed by atoms with van der Waals surface area (Å²) in [4.78, 5) is 0. The zero-order valence-electron chi connectivity index (χ0n) is 10.1. The summed E-state index contributed by atoms with van der Waals surface area (Å²) in [6.07, 6.45) is 10.8. The average Bonchev–Trinajstić information content (AvgIpc) is 2.33. The van der Waals surface area contributed by atoms with E-state index in [1.54, 1.807) is 0 Å². The first-order valence-corrected chi connectivity index (χ1v) is 6.13. The zero-order valence-corrected chi connectivity index (χ0v) is 10.1. The summed E-state index contributed by atoms with van der Waals surface area (Å²) >= 11 is 0. The molecule has 16 heavy (non-hydrogen) atoms. The average molecular weight is 215 g/mol. The summed E-state index contributed by atoms with van der Waals surface area (Å²) < 4.78 is 0. The molecule has 0 bridgehead atoms. The van der Waals surface area contributed by atoms with E-state index < -0.39 is 0 Å². The highest BCUT2D eigenvalue weighted by atomic mass is 14.9. The van der Waals surface area contributed by atoms with Gasteiger partial charge in [-0.3, -0.25) is 0 Å². The van der Waals surface area contributed by atoms with Crippen molar-refractivity contribution in [1.29, 1.82) is 0 Å². The number of hydrogen-bond acceptors (Lipinski definition) is 1. The van der Waals surface area contributed by atoms with Crippen LogP contribution in [0.1, 0.15) is 38.2 Å². The third kappa shape index (κ3) is 4.89. The minimum absolute atomic E-state index is 0.849. The Kier molecular flexibility index (Phi) is 6.18. The van der Waals surface area contributed by atoms with Crippen molar-refractivity contribution in [3.63, 3.8) is 0 Å². The van der Waals surface area contributed by atoms with Crippen molar-refractivity contribution in [2.24, 2.45) is 0 Å². The number of hydrogen-bond donors (Lipinski definition) is 1. The highest BCUT2D eigenvalue weighted by molar-refractivity contribution is 5.44. The molecule has 0 spiro atoms. The monoisotopic (exact) mass is 215 g/mol. The molecule has 86 valence electrons. The molecule has 0 aliphatic heterocycles. The van der Waals surface area contributed by atoms with E-state index in [0.717, 1.165) is 19.4 Å². The molecule has 0 heterocycles. The van der Waals surface area contributed by atoms with Crippen LogP contribution >= 0.6 is 0 Å². The van der Waals surface area contributed by atoms with E-state index in [4.69, 9.17) is 6.42 Å². The first kappa shape index (κ1) is 12.6. The molecular formula is C15H21N. The lowest BCUT2D eigenvalue weighted by Crippen LogP contribution is -2.00.